The Morgan fingerprint density at radius 2 is 1.79 bits per heavy atom. The number of nitrogens with one attached hydrogen (secondary N) is 3. The lowest BCUT2D eigenvalue weighted by molar-refractivity contribution is 0.0519. The topological polar surface area (TPSA) is 126 Å². The standard InChI is InChI=1S/C29H36N4O5/c1-6-38-29(35)24-16-23(19-7-10-21(11-8-19)31-13-14-34)26(27(30)18(2)3)28(33-24)32-17-20-9-12-22(36-4)15-25(20)37-5/h7-12,15-16,18,30-31,34H,6,13-14,17H2,1-5H3,(H,32,33). The fourth-order valence-corrected chi connectivity index (χ4v) is 3.92. The number of esters is 1. The number of aliphatic hydroxyl groups is 1. The van der Waals surface area contributed by atoms with Crippen molar-refractivity contribution in [3.63, 3.8) is 0 Å². The van der Waals surface area contributed by atoms with Crippen molar-refractivity contribution in [1.82, 2.24) is 4.98 Å². The van der Waals surface area contributed by atoms with Crippen molar-refractivity contribution in [2.45, 2.75) is 27.3 Å². The van der Waals surface area contributed by atoms with E-state index >= 15 is 0 Å². The zero-order valence-corrected chi connectivity index (χ0v) is 22.6. The molecule has 0 saturated heterocycles. The monoisotopic (exact) mass is 520 g/mol. The van der Waals surface area contributed by atoms with Gasteiger partial charge in [-0.15, -0.1) is 0 Å². The minimum atomic E-state index is -0.539. The molecular weight excluding hydrogens is 484 g/mol. The van der Waals surface area contributed by atoms with Crippen LogP contribution in [0.25, 0.3) is 11.1 Å². The molecule has 0 bridgehead atoms. The molecule has 0 saturated carbocycles. The molecule has 0 radical (unpaired) electrons. The van der Waals surface area contributed by atoms with E-state index in [1.807, 2.05) is 50.2 Å². The number of ether oxygens (including phenoxy) is 3. The average Bonchev–Trinajstić information content (AvgIpc) is 2.94. The van der Waals surface area contributed by atoms with Gasteiger partial charge in [0.2, 0.25) is 0 Å². The summed E-state index contributed by atoms with van der Waals surface area (Å²) in [6, 6.07) is 14.8. The van der Waals surface area contributed by atoms with Crippen LogP contribution in [-0.4, -0.2) is 55.7 Å². The van der Waals surface area contributed by atoms with Crippen molar-refractivity contribution >= 4 is 23.2 Å². The molecule has 0 aliphatic carbocycles. The molecule has 0 atom stereocenters. The first-order valence-electron chi connectivity index (χ1n) is 12.5. The van der Waals surface area contributed by atoms with Crippen LogP contribution in [0.3, 0.4) is 0 Å². The van der Waals surface area contributed by atoms with Crippen LogP contribution in [0, 0.1) is 11.3 Å². The van der Waals surface area contributed by atoms with Gasteiger partial charge in [0.1, 0.15) is 17.3 Å². The van der Waals surface area contributed by atoms with Gasteiger partial charge in [0.25, 0.3) is 0 Å². The van der Waals surface area contributed by atoms with E-state index in [0.29, 0.717) is 47.2 Å². The zero-order chi connectivity index (χ0) is 27.7. The third kappa shape index (κ3) is 6.80. The van der Waals surface area contributed by atoms with Gasteiger partial charge in [-0.3, -0.25) is 0 Å². The molecule has 4 N–H and O–H groups in total. The Kier molecular flexibility index (Phi) is 10.1. The molecule has 3 rings (SSSR count). The Morgan fingerprint density at radius 1 is 1.05 bits per heavy atom. The molecule has 1 heterocycles. The second-order valence-corrected chi connectivity index (χ2v) is 8.83. The highest BCUT2D eigenvalue weighted by molar-refractivity contribution is 6.10. The lowest BCUT2D eigenvalue weighted by atomic mass is 9.91. The molecule has 0 aliphatic rings. The third-order valence-corrected chi connectivity index (χ3v) is 5.93. The predicted molar refractivity (Wildman–Crippen MR) is 150 cm³/mol. The highest BCUT2D eigenvalue weighted by Gasteiger charge is 2.23. The number of hydrogen-bond acceptors (Lipinski definition) is 9. The molecule has 0 fully saturated rings. The molecule has 2 aromatic carbocycles. The number of aromatic nitrogens is 1. The van der Waals surface area contributed by atoms with Crippen molar-refractivity contribution < 1.29 is 24.1 Å². The van der Waals surface area contributed by atoms with Gasteiger partial charge < -0.3 is 35.4 Å². The second kappa shape index (κ2) is 13.4. The lowest BCUT2D eigenvalue weighted by Gasteiger charge is -2.20. The van der Waals surface area contributed by atoms with Crippen LogP contribution in [0.1, 0.15) is 42.4 Å². The second-order valence-electron chi connectivity index (χ2n) is 8.83. The molecule has 9 heteroatoms. The number of nitrogens with zero attached hydrogens (tertiary/aromatic N) is 1. The fraction of sp³-hybridized carbons (Fsp3) is 0.345. The average molecular weight is 521 g/mol. The summed E-state index contributed by atoms with van der Waals surface area (Å²) in [5.74, 6) is 1.09. The quantitative estimate of drug-likeness (QED) is 0.184. The Morgan fingerprint density at radius 3 is 2.39 bits per heavy atom. The molecule has 0 amide bonds. The zero-order valence-electron chi connectivity index (χ0n) is 22.6. The maximum atomic E-state index is 12.8. The van der Waals surface area contributed by atoms with Crippen LogP contribution < -0.4 is 20.1 Å². The van der Waals surface area contributed by atoms with E-state index in [1.54, 1.807) is 33.3 Å². The Hall–Kier alpha value is -4.11. The number of pyridine rings is 1. The van der Waals surface area contributed by atoms with E-state index in [9.17, 15) is 4.79 Å². The predicted octanol–water partition coefficient (Wildman–Crippen LogP) is 4.98. The molecule has 0 aliphatic heterocycles. The molecule has 202 valence electrons. The van der Waals surface area contributed by atoms with Gasteiger partial charge in [-0.1, -0.05) is 26.0 Å². The Labute approximate surface area is 223 Å². The Balaban J connectivity index is 2.13. The summed E-state index contributed by atoms with van der Waals surface area (Å²) in [5.41, 5.74) is 4.37. The molecule has 38 heavy (non-hydrogen) atoms. The SMILES string of the molecule is CCOC(=O)c1cc(-c2ccc(NCCO)cc2)c(C(=N)C(C)C)c(NCc2ccc(OC)cc2OC)n1. The smallest absolute Gasteiger partial charge is 0.357 e. The van der Waals surface area contributed by atoms with Crippen molar-refractivity contribution in [2.24, 2.45) is 5.92 Å². The number of aliphatic hydroxyl groups excluding tert-OH is 1. The lowest BCUT2D eigenvalue weighted by Crippen LogP contribution is -2.18. The van der Waals surface area contributed by atoms with Gasteiger partial charge in [-0.05, 0) is 54.3 Å². The Bertz CT molecular complexity index is 1260. The van der Waals surface area contributed by atoms with Crippen LogP contribution in [0.15, 0.2) is 48.5 Å². The van der Waals surface area contributed by atoms with Crippen LogP contribution in [0.4, 0.5) is 11.5 Å². The first-order chi connectivity index (χ1) is 18.3. The van der Waals surface area contributed by atoms with E-state index in [2.05, 4.69) is 15.6 Å². The third-order valence-electron chi connectivity index (χ3n) is 5.93. The summed E-state index contributed by atoms with van der Waals surface area (Å²) in [4.78, 5) is 17.4. The van der Waals surface area contributed by atoms with E-state index < -0.39 is 5.97 Å². The number of benzene rings is 2. The van der Waals surface area contributed by atoms with Crippen molar-refractivity contribution in [2.75, 3.05) is 44.6 Å². The maximum Gasteiger partial charge on any atom is 0.357 e. The van der Waals surface area contributed by atoms with Crippen LogP contribution >= 0.6 is 0 Å². The van der Waals surface area contributed by atoms with E-state index in [1.165, 1.54) is 0 Å². The van der Waals surface area contributed by atoms with E-state index in [4.69, 9.17) is 24.7 Å². The van der Waals surface area contributed by atoms with Crippen LogP contribution in [-0.2, 0) is 11.3 Å². The molecule has 9 nitrogen and oxygen atoms in total. The number of rotatable bonds is 13. The number of anilines is 2. The molecule has 0 spiro atoms. The largest absolute Gasteiger partial charge is 0.497 e. The molecular formula is C29H36N4O5. The molecule has 3 aromatic rings. The van der Waals surface area contributed by atoms with Crippen molar-refractivity contribution in [1.29, 1.82) is 5.41 Å². The summed E-state index contributed by atoms with van der Waals surface area (Å²) in [5, 5.41) is 24.5. The van der Waals surface area contributed by atoms with Gasteiger partial charge in [0.15, 0.2) is 5.69 Å². The number of carbonyl (C=O) groups is 1. The summed E-state index contributed by atoms with van der Waals surface area (Å²) in [6.07, 6.45) is 0. The normalized spacial score (nSPS) is 10.7. The fourth-order valence-electron chi connectivity index (χ4n) is 3.92. The van der Waals surface area contributed by atoms with Gasteiger partial charge in [-0.25, -0.2) is 9.78 Å². The van der Waals surface area contributed by atoms with Gasteiger partial charge in [-0.2, -0.15) is 0 Å². The van der Waals surface area contributed by atoms with Gasteiger partial charge >= 0.3 is 5.97 Å². The minimum Gasteiger partial charge on any atom is -0.497 e. The van der Waals surface area contributed by atoms with Gasteiger partial charge in [0, 0.05) is 41.7 Å². The number of hydrogen-bond donors (Lipinski definition) is 4. The first kappa shape index (κ1) is 28.5. The maximum absolute atomic E-state index is 12.8. The van der Waals surface area contributed by atoms with E-state index in [0.717, 1.165) is 16.8 Å². The molecule has 0 unspecified atom stereocenters. The number of carbonyl (C=O) groups excluding carboxylic acids is 1. The van der Waals surface area contributed by atoms with Crippen LogP contribution in [0.5, 0.6) is 11.5 Å². The summed E-state index contributed by atoms with van der Waals surface area (Å²) in [7, 11) is 3.19. The first-order valence-corrected chi connectivity index (χ1v) is 12.5. The summed E-state index contributed by atoms with van der Waals surface area (Å²) < 4.78 is 16.1. The highest BCUT2D eigenvalue weighted by atomic mass is 16.5. The minimum absolute atomic E-state index is 0.0265. The number of methoxy groups -OCH3 is 2. The van der Waals surface area contributed by atoms with Gasteiger partial charge in [0.05, 0.1) is 27.4 Å². The van der Waals surface area contributed by atoms with Crippen molar-refractivity contribution in [3.05, 3.63) is 65.4 Å². The molecule has 1 aromatic heterocycles. The van der Waals surface area contributed by atoms with E-state index in [-0.39, 0.29) is 24.8 Å². The summed E-state index contributed by atoms with van der Waals surface area (Å²) in [6.45, 7) is 6.67. The van der Waals surface area contributed by atoms with Crippen LogP contribution in [0.2, 0.25) is 0 Å². The summed E-state index contributed by atoms with van der Waals surface area (Å²) >= 11 is 0. The highest BCUT2D eigenvalue weighted by Crippen LogP contribution is 2.33. The van der Waals surface area contributed by atoms with Crippen molar-refractivity contribution in [3.8, 4) is 22.6 Å².